The van der Waals surface area contributed by atoms with Crippen LogP contribution in [0.15, 0.2) is 0 Å². The highest BCUT2D eigenvalue weighted by Crippen LogP contribution is 1.98. The number of aliphatic hydroxyl groups excluding tert-OH is 1. The van der Waals surface area contributed by atoms with Gasteiger partial charge in [-0.05, 0) is 13.8 Å². The van der Waals surface area contributed by atoms with Crippen molar-refractivity contribution in [3.8, 4) is 0 Å². The molecular weight excluding hydrogens is 182 g/mol. The molecule has 78 valence electrons. The first kappa shape index (κ1) is 14.3. The Kier molecular flexibility index (Phi) is 6.03. The monoisotopic (exact) mass is 195 g/mol. The lowest BCUT2D eigenvalue weighted by atomic mass is 10.1. The van der Waals surface area contributed by atoms with Crippen LogP contribution in [0.5, 0.6) is 0 Å². The van der Waals surface area contributed by atoms with Gasteiger partial charge >= 0.3 is 11.9 Å². The third-order valence-electron chi connectivity index (χ3n) is 0.848. The fraction of sp³-hybridized carbons (Fsp3) is 0.667. The van der Waals surface area contributed by atoms with E-state index < -0.39 is 23.8 Å². The molecule has 0 rings (SSSR count). The zero-order valence-corrected chi connectivity index (χ0v) is 7.26. The summed E-state index contributed by atoms with van der Waals surface area (Å²) < 4.78 is 0. The van der Waals surface area contributed by atoms with Crippen LogP contribution in [-0.2, 0) is 9.59 Å². The van der Waals surface area contributed by atoms with E-state index in [2.05, 4.69) is 0 Å². The SMILES string of the molecule is CC(C)(N)C(O)O.O=C(O)C(=O)O. The predicted octanol–water partition coefficient (Wildman–Crippen LogP) is -1.81. The Balaban J connectivity index is 0. The van der Waals surface area contributed by atoms with Gasteiger partial charge in [-0.25, -0.2) is 9.59 Å². The number of hydrogen-bond acceptors (Lipinski definition) is 5. The van der Waals surface area contributed by atoms with E-state index >= 15 is 0 Å². The highest BCUT2D eigenvalue weighted by Gasteiger charge is 2.18. The molecule has 0 saturated carbocycles. The Morgan fingerprint density at radius 2 is 1.31 bits per heavy atom. The lowest BCUT2D eigenvalue weighted by Crippen LogP contribution is -2.44. The number of carboxylic acid groups (broad SMARTS) is 2. The summed E-state index contributed by atoms with van der Waals surface area (Å²) in [6.45, 7) is 3.08. The fourth-order valence-electron chi connectivity index (χ4n) is 0. The first-order valence-corrected chi connectivity index (χ1v) is 3.20. The molecule has 0 atom stereocenters. The zero-order chi connectivity index (χ0) is 11.2. The number of carbonyl (C=O) groups is 2. The minimum absolute atomic E-state index is 0.889. The molecule has 0 fully saturated rings. The van der Waals surface area contributed by atoms with E-state index in [4.69, 9.17) is 35.7 Å². The van der Waals surface area contributed by atoms with Crippen LogP contribution in [0.4, 0.5) is 0 Å². The van der Waals surface area contributed by atoms with Gasteiger partial charge in [-0.2, -0.15) is 0 Å². The van der Waals surface area contributed by atoms with Gasteiger partial charge in [0.1, 0.15) is 0 Å². The smallest absolute Gasteiger partial charge is 0.414 e. The molecule has 7 heteroatoms. The largest absolute Gasteiger partial charge is 0.473 e. The van der Waals surface area contributed by atoms with Crippen LogP contribution in [0.3, 0.4) is 0 Å². The standard InChI is InChI=1S/C4H11NO2.C2H2O4/c1-4(2,5)3(6)7;3-1(4)2(5)6/h3,6-7H,5H2,1-2H3;(H,3,4)(H,5,6). The number of aliphatic carboxylic acids is 2. The first-order valence-electron chi connectivity index (χ1n) is 3.20. The van der Waals surface area contributed by atoms with Crippen molar-refractivity contribution >= 4 is 11.9 Å². The second-order valence-corrected chi connectivity index (χ2v) is 2.81. The molecule has 0 aromatic carbocycles. The Morgan fingerprint density at radius 1 is 1.15 bits per heavy atom. The molecule has 0 aliphatic carbocycles. The van der Waals surface area contributed by atoms with Crippen molar-refractivity contribution in [1.82, 2.24) is 0 Å². The Bertz CT molecular complexity index is 170. The molecule has 0 aromatic heterocycles. The second kappa shape index (κ2) is 5.46. The summed E-state index contributed by atoms with van der Waals surface area (Å²) in [5.41, 5.74) is 4.29. The maximum absolute atomic E-state index is 9.10. The van der Waals surface area contributed by atoms with Crippen LogP contribution in [-0.4, -0.2) is 44.2 Å². The fourth-order valence-corrected chi connectivity index (χ4v) is 0. The van der Waals surface area contributed by atoms with Gasteiger partial charge in [0.25, 0.3) is 0 Å². The quantitative estimate of drug-likeness (QED) is 0.245. The summed E-state index contributed by atoms with van der Waals surface area (Å²) in [6, 6.07) is 0. The molecule has 0 unspecified atom stereocenters. The highest BCUT2D eigenvalue weighted by molar-refractivity contribution is 6.27. The molecule has 0 heterocycles. The number of hydrogen-bond donors (Lipinski definition) is 5. The van der Waals surface area contributed by atoms with Gasteiger partial charge in [0.2, 0.25) is 0 Å². The van der Waals surface area contributed by atoms with Gasteiger partial charge in [-0.3, -0.25) is 0 Å². The van der Waals surface area contributed by atoms with Gasteiger partial charge in [0.05, 0.1) is 5.54 Å². The van der Waals surface area contributed by atoms with Crippen LogP contribution in [0.25, 0.3) is 0 Å². The van der Waals surface area contributed by atoms with Crippen molar-refractivity contribution in [2.45, 2.75) is 25.7 Å². The van der Waals surface area contributed by atoms with E-state index in [9.17, 15) is 0 Å². The van der Waals surface area contributed by atoms with Gasteiger partial charge in [0.15, 0.2) is 6.29 Å². The van der Waals surface area contributed by atoms with Crippen LogP contribution in [0, 0.1) is 0 Å². The number of carboxylic acids is 2. The Hall–Kier alpha value is -1.18. The van der Waals surface area contributed by atoms with Crippen molar-refractivity contribution in [3.05, 3.63) is 0 Å². The van der Waals surface area contributed by atoms with Gasteiger partial charge in [-0.1, -0.05) is 0 Å². The molecule has 0 amide bonds. The van der Waals surface area contributed by atoms with Gasteiger partial charge < -0.3 is 26.2 Å². The van der Waals surface area contributed by atoms with Crippen molar-refractivity contribution < 1.29 is 30.0 Å². The Labute approximate surface area is 74.4 Å². The van der Waals surface area contributed by atoms with E-state index in [0.717, 1.165) is 0 Å². The molecule has 0 saturated heterocycles. The zero-order valence-electron chi connectivity index (χ0n) is 7.26. The summed E-state index contributed by atoms with van der Waals surface area (Å²) in [7, 11) is 0. The summed E-state index contributed by atoms with van der Waals surface area (Å²) in [5.74, 6) is -3.65. The molecule has 0 radical (unpaired) electrons. The lowest BCUT2D eigenvalue weighted by Gasteiger charge is -2.19. The maximum Gasteiger partial charge on any atom is 0.414 e. The topological polar surface area (TPSA) is 141 Å². The van der Waals surface area contributed by atoms with Crippen LogP contribution < -0.4 is 5.73 Å². The molecule has 7 nitrogen and oxygen atoms in total. The van der Waals surface area contributed by atoms with Gasteiger partial charge in [-0.15, -0.1) is 0 Å². The highest BCUT2D eigenvalue weighted by atomic mass is 16.5. The van der Waals surface area contributed by atoms with E-state index in [1.807, 2.05) is 0 Å². The predicted molar refractivity (Wildman–Crippen MR) is 41.8 cm³/mol. The normalized spacial score (nSPS) is 10.3. The second-order valence-electron chi connectivity index (χ2n) is 2.81. The molecular formula is C6H13NO6. The minimum Gasteiger partial charge on any atom is -0.473 e. The van der Waals surface area contributed by atoms with Crippen molar-refractivity contribution in [3.63, 3.8) is 0 Å². The Morgan fingerprint density at radius 3 is 1.31 bits per heavy atom. The summed E-state index contributed by atoms with van der Waals surface area (Å²) >= 11 is 0. The van der Waals surface area contributed by atoms with Crippen LogP contribution in [0.1, 0.15) is 13.8 Å². The number of nitrogens with two attached hydrogens (primary N) is 1. The molecule has 6 N–H and O–H groups in total. The maximum atomic E-state index is 9.10. The van der Waals surface area contributed by atoms with E-state index in [1.165, 1.54) is 13.8 Å². The summed E-state index contributed by atoms with van der Waals surface area (Å²) in [4.78, 5) is 18.2. The number of rotatable bonds is 1. The third kappa shape index (κ3) is 10.8. The van der Waals surface area contributed by atoms with Crippen LogP contribution >= 0.6 is 0 Å². The molecule has 0 aliphatic heterocycles. The van der Waals surface area contributed by atoms with Gasteiger partial charge in [0, 0.05) is 0 Å². The molecule has 13 heavy (non-hydrogen) atoms. The molecule has 0 aromatic rings. The average Bonchev–Trinajstić information content (AvgIpc) is 1.86. The molecule has 0 spiro atoms. The molecule has 0 bridgehead atoms. The van der Waals surface area contributed by atoms with Crippen molar-refractivity contribution in [2.75, 3.05) is 0 Å². The number of aliphatic hydroxyl groups is 2. The minimum atomic E-state index is -1.82. The molecule has 0 aliphatic rings. The first-order chi connectivity index (χ1) is 5.59. The average molecular weight is 195 g/mol. The van der Waals surface area contributed by atoms with Crippen molar-refractivity contribution in [1.29, 1.82) is 0 Å². The summed E-state index contributed by atoms with van der Waals surface area (Å²) in [6.07, 6.45) is -1.42. The van der Waals surface area contributed by atoms with Crippen LogP contribution in [0.2, 0.25) is 0 Å². The van der Waals surface area contributed by atoms with E-state index in [0.29, 0.717) is 0 Å². The van der Waals surface area contributed by atoms with E-state index in [1.54, 1.807) is 0 Å². The lowest BCUT2D eigenvalue weighted by molar-refractivity contribution is -0.159. The summed E-state index contributed by atoms with van der Waals surface area (Å²) in [5, 5.41) is 31.4. The third-order valence-corrected chi connectivity index (χ3v) is 0.848. The van der Waals surface area contributed by atoms with Crippen molar-refractivity contribution in [2.24, 2.45) is 5.73 Å². The van der Waals surface area contributed by atoms with E-state index in [-0.39, 0.29) is 0 Å².